The van der Waals surface area contributed by atoms with Crippen LogP contribution in [0.2, 0.25) is 0 Å². The summed E-state index contributed by atoms with van der Waals surface area (Å²) in [5.41, 5.74) is 5.02. The van der Waals surface area contributed by atoms with Crippen molar-refractivity contribution in [2.24, 2.45) is 5.73 Å². The van der Waals surface area contributed by atoms with E-state index in [9.17, 15) is 24.3 Å². The average molecular weight is 432 g/mol. The van der Waals surface area contributed by atoms with Crippen LogP contribution >= 0.6 is 0 Å². The highest BCUT2D eigenvalue weighted by Gasteiger charge is 2.60. The lowest BCUT2D eigenvalue weighted by molar-refractivity contribution is -0.162. The number of nitrogens with one attached hydrogen (secondary N) is 1. The highest BCUT2D eigenvalue weighted by Crippen LogP contribution is 2.39. The molecule has 0 saturated carbocycles. The maximum atomic E-state index is 12.9. The van der Waals surface area contributed by atoms with Gasteiger partial charge in [-0.05, 0) is 32.3 Å². The first kappa shape index (κ1) is 22.5. The molecule has 4 amide bonds. The van der Waals surface area contributed by atoms with E-state index in [1.54, 1.807) is 6.92 Å². The zero-order chi connectivity index (χ0) is 22.8. The fourth-order valence-electron chi connectivity index (χ4n) is 4.15. The second-order valence-corrected chi connectivity index (χ2v) is 8.07. The van der Waals surface area contributed by atoms with E-state index in [1.807, 2.05) is 30.3 Å². The summed E-state index contributed by atoms with van der Waals surface area (Å²) in [6.45, 7) is 3.41. The van der Waals surface area contributed by atoms with E-state index >= 15 is 0 Å². The molecule has 31 heavy (non-hydrogen) atoms. The fraction of sp³-hybridized carbons (Fsp3) is 0.524. The third-order valence-electron chi connectivity index (χ3n) is 5.83. The standard InChI is InChI=1S/C21H28N4O6/c1-13(26)17(18(22)28)23-16(27)11-24-12-21(19(24)29)9-6-10-25(21)20(30)31-14(2)15-7-4-3-5-8-15/h3-5,7-8,13-14,17,26H,6,9-12H2,1-2H3,(H2,22,28)(H,23,27)/t13-,14?,17+,21?/m1/s1. The van der Waals surface area contributed by atoms with Gasteiger partial charge < -0.3 is 25.8 Å². The van der Waals surface area contributed by atoms with Crippen molar-refractivity contribution in [1.82, 2.24) is 15.1 Å². The van der Waals surface area contributed by atoms with Gasteiger partial charge in [-0.15, -0.1) is 0 Å². The van der Waals surface area contributed by atoms with Gasteiger partial charge in [-0.2, -0.15) is 0 Å². The van der Waals surface area contributed by atoms with Crippen LogP contribution in [0.4, 0.5) is 4.79 Å². The van der Waals surface area contributed by atoms with Crippen LogP contribution in [0.3, 0.4) is 0 Å². The first-order valence-corrected chi connectivity index (χ1v) is 10.2. The van der Waals surface area contributed by atoms with E-state index in [2.05, 4.69) is 5.32 Å². The van der Waals surface area contributed by atoms with Gasteiger partial charge in [-0.1, -0.05) is 30.3 Å². The summed E-state index contributed by atoms with van der Waals surface area (Å²) in [4.78, 5) is 52.0. The first-order chi connectivity index (χ1) is 14.7. The number of nitrogens with two attached hydrogens (primary N) is 1. The van der Waals surface area contributed by atoms with E-state index < -0.39 is 41.7 Å². The zero-order valence-electron chi connectivity index (χ0n) is 17.6. The number of ether oxygens (including phenoxy) is 1. The van der Waals surface area contributed by atoms with E-state index in [-0.39, 0.29) is 19.0 Å². The molecule has 0 aliphatic carbocycles. The van der Waals surface area contributed by atoms with Crippen LogP contribution in [0.25, 0.3) is 0 Å². The molecule has 1 spiro atoms. The highest BCUT2D eigenvalue weighted by atomic mass is 16.6. The Labute approximate surface area is 180 Å². The number of hydrogen-bond donors (Lipinski definition) is 3. The number of β-lactam (4-membered cyclic amide) rings is 1. The summed E-state index contributed by atoms with van der Waals surface area (Å²) in [5, 5.41) is 11.9. The molecule has 1 aromatic rings. The van der Waals surface area contributed by atoms with Crippen molar-refractivity contribution in [3.05, 3.63) is 35.9 Å². The Morgan fingerprint density at radius 2 is 1.94 bits per heavy atom. The molecular formula is C21H28N4O6. The molecule has 2 saturated heterocycles. The van der Waals surface area contributed by atoms with E-state index in [4.69, 9.17) is 10.5 Å². The maximum absolute atomic E-state index is 12.9. The van der Waals surface area contributed by atoms with Crippen molar-refractivity contribution in [1.29, 1.82) is 0 Å². The van der Waals surface area contributed by atoms with Gasteiger partial charge in [0.1, 0.15) is 17.7 Å². The van der Waals surface area contributed by atoms with Crippen molar-refractivity contribution in [3.63, 3.8) is 0 Å². The smallest absolute Gasteiger partial charge is 0.411 e. The molecule has 2 fully saturated rings. The molecule has 3 rings (SSSR count). The molecule has 0 bridgehead atoms. The molecule has 10 nitrogen and oxygen atoms in total. The topological polar surface area (TPSA) is 142 Å². The normalized spacial score (nSPS) is 23.1. The van der Waals surface area contributed by atoms with Crippen LogP contribution < -0.4 is 11.1 Å². The molecule has 0 radical (unpaired) electrons. The number of hydrogen-bond acceptors (Lipinski definition) is 6. The van der Waals surface area contributed by atoms with Gasteiger partial charge in [0.15, 0.2) is 0 Å². The Kier molecular flexibility index (Phi) is 6.49. The number of carbonyl (C=O) groups excluding carboxylic acids is 4. The molecule has 2 unspecified atom stereocenters. The summed E-state index contributed by atoms with van der Waals surface area (Å²) in [6, 6.07) is 8.07. The lowest BCUT2D eigenvalue weighted by Crippen LogP contribution is -2.73. The number of amides is 4. The van der Waals surface area contributed by atoms with Gasteiger partial charge in [0, 0.05) is 6.54 Å². The van der Waals surface area contributed by atoms with E-state index in [0.717, 1.165) is 5.56 Å². The van der Waals surface area contributed by atoms with Gasteiger partial charge >= 0.3 is 6.09 Å². The SMILES string of the molecule is CC(OC(=O)N1CCCC12CN(CC(=O)N[C@H](C(N)=O)[C@@H](C)O)C2=O)c1ccccc1. The summed E-state index contributed by atoms with van der Waals surface area (Å²) >= 11 is 0. The summed E-state index contributed by atoms with van der Waals surface area (Å²) in [7, 11) is 0. The van der Waals surface area contributed by atoms with Crippen LogP contribution in [-0.2, 0) is 19.1 Å². The Hall–Kier alpha value is -3.14. The zero-order valence-corrected chi connectivity index (χ0v) is 17.6. The van der Waals surface area contributed by atoms with Gasteiger partial charge in [-0.25, -0.2) is 4.79 Å². The number of aliphatic hydroxyl groups excluding tert-OH is 1. The van der Waals surface area contributed by atoms with Crippen molar-refractivity contribution >= 4 is 23.8 Å². The van der Waals surface area contributed by atoms with Gasteiger partial charge in [0.2, 0.25) is 11.8 Å². The Morgan fingerprint density at radius 3 is 2.52 bits per heavy atom. The predicted molar refractivity (Wildman–Crippen MR) is 109 cm³/mol. The molecule has 2 aliphatic rings. The number of aliphatic hydroxyl groups is 1. The van der Waals surface area contributed by atoms with Crippen LogP contribution in [0.1, 0.15) is 38.4 Å². The summed E-state index contributed by atoms with van der Waals surface area (Å²) in [6.07, 6.45) is -1.03. The lowest BCUT2D eigenvalue weighted by atomic mass is 9.85. The fourth-order valence-corrected chi connectivity index (χ4v) is 4.15. The molecule has 0 aromatic heterocycles. The molecule has 10 heteroatoms. The van der Waals surface area contributed by atoms with Crippen LogP contribution in [0.5, 0.6) is 0 Å². The lowest BCUT2D eigenvalue weighted by Gasteiger charge is -2.50. The minimum Gasteiger partial charge on any atom is -0.441 e. The number of likely N-dealkylation sites (tertiary alicyclic amines) is 2. The molecule has 168 valence electrons. The minimum absolute atomic E-state index is 0.198. The monoisotopic (exact) mass is 432 g/mol. The largest absolute Gasteiger partial charge is 0.441 e. The quantitative estimate of drug-likeness (QED) is 0.514. The van der Waals surface area contributed by atoms with E-state index in [0.29, 0.717) is 19.4 Å². The second kappa shape index (κ2) is 8.93. The predicted octanol–water partition coefficient (Wildman–Crippen LogP) is -0.0881. The number of primary amides is 1. The maximum Gasteiger partial charge on any atom is 0.411 e. The third-order valence-corrected chi connectivity index (χ3v) is 5.83. The van der Waals surface area contributed by atoms with Gasteiger partial charge in [0.05, 0.1) is 19.2 Å². The van der Waals surface area contributed by atoms with Crippen molar-refractivity contribution in [2.75, 3.05) is 19.6 Å². The number of carbonyl (C=O) groups is 4. The van der Waals surface area contributed by atoms with Crippen molar-refractivity contribution < 1.29 is 29.0 Å². The molecule has 4 N–H and O–H groups in total. The second-order valence-electron chi connectivity index (χ2n) is 8.07. The highest BCUT2D eigenvalue weighted by molar-refractivity contribution is 5.99. The summed E-state index contributed by atoms with van der Waals surface area (Å²) in [5.74, 6) is -1.82. The Bertz CT molecular complexity index is 861. The number of rotatable bonds is 7. The first-order valence-electron chi connectivity index (χ1n) is 10.2. The molecule has 4 atom stereocenters. The van der Waals surface area contributed by atoms with Gasteiger partial charge in [0.25, 0.3) is 5.91 Å². The average Bonchev–Trinajstić information content (AvgIpc) is 3.18. The minimum atomic E-state index is -1.24. The number of nitrogens with zero attached hydrogens (tertiary/aromatic N) is 2. The Balaban J connectivity index is 1.59. The third kappa shape index (κ3) is 4.48. The van der Waals surface area contributed by atoms with Crippen molar-refractivity contribution in [2.45, 2.75) is 50.5 Å². The molecular weight excluding hydrogens is 404 g/mol. The number of benzene rings is 1. The van der Waals surface area contributed by atoms with Crippen LogP contribution in [0, 0.1) is 0 Å². The molecule has 2 heterocycles. The molecule has 2 aliphatic heterocycles. The van der Waals surface area contributed by atoms with E-state index in [1.165, 1.54) is 16.7 Å². The Morgan fingerprint density at radius 1 is 1.26 bits per heavy atom. The van der Waals surface area contributed by atoms with Crippen LogP contribution in [0.15, 0.2) is 30.3 Å². The summed E-state index contributed by atoms with van der Waals surface area (Å²) < 4.78 is 5.58. The van der Waals surface area contributed by atoms with Crippen molar-refractivity contribution in [3.8, 4) is 0 Å². The molecule has 1 aromatic carbocycles. The van der Waals surface area contributed by atoms with Gasteiger partial charge in [-0.3, -0.25) is 19.3 Å². The van der Waals surface area contributed by atoms with Crippen LogP contribution in [-0.4, -0.2) is 76.0 Å².